The van der Waals surface area contributed by atoms with Crippen LogP contribution in [0.1, 0.15) is 19.8 Å². The third-order valence-electron chi connectivity index (χ3n) is 3.60. The highest BCUT2D eigenvalue weighted by Gasteiger charge is 2.18. The molecule has 1 aliphatic rings. The van der Waals surface area contributed by atoms with Gasteiger partial charge in [-0.25, -0.2) is 4.79 Å². The van der Waals surface area contributed by atoms with Crippen molar-refractivity contribution in [3.63, 3.8) is 0 Å². The summed E-state index contributed by atoms with van der Waals surface area (Å²) in [5, 5.41) is 5.51. The highest BCUT2D eigenvalue weighted by molar-refractivity contribution is 5.89. The van der Waals surface area contributed by atoms with E-state index < -0.39 is 0 Å². The average molecular weight is 277 g/mol. The summed E-state index contributed by atoms with van der Waals surface area (Å²) in [6.45, 7) is 4.55. The molecule has 1 aromatic rings. The maximum absolute atomic E-state index is 11.4. The van der Waals surface area contributed by atoms with Crippen LogP contribution in [0.3, 0.4) is 0 Å². The normalized spacial score (nSPS) is 16.0. The van der Waals surface area contributed by atoms with E-state index in [-0.39, 0.29) is 6.03 Å². The van der Waals surface area contributed by atoms with Gasteiger partial charge in [-0.1, -0.05) is 0 Å². The Labute approximate surface area is 120 Å². The van der Waals surface area contributed by atoms with Gasteiger partial charge < -0.3 is 20.3 Å². The molecule has 110 valence electrons. The van der Waals surface area contributed by atoms with Gasteiger partial charge in [-0.15, -0.1) is 0 Å². The van der Waals surface area contributed by atoms with E-state index >= 15 is 0 Å². The van der Waals surface area contributed by atoms with Crippen LogP contribution in [0.25, 0.3) is 0 Å². The second-order valence-electron chi connectivity index (χ2n) is 4.95. The molecule has 20 heavy (non-hydrogen) atoms. The summed E-state index contributed by atoms with van der Waals surface area (Å²) < 4.78 is 5.38. The molecule has 5 heteroatoms. The smallest absolute Gasteiger partial charge is 0.319 e. The van der Waals surface area contributed by atoms with Crippen LogP contribution in [0.4, 0.5) is 16.2 Å². The van der Waals surface area contributed by atoms with Gasteiger partial charge in [-0.2, -0.15) is 0 Å². The predicted molar refractivity (Wildman–Crippen MR) is 81.4 cm³/mol. The molecule has 2 N–H and O–H groups in total. The van der Waals surface area contributed by atoms with Crippen molar-refractivity contribution in [2.75, 3.05) is 37.0 Å². The van der Waals surface area contributed by atoms with Crippen molar-refractivity contribution in [3.05, 3.63) is 24.3 Å². The topological polar surface area (TPSA) is 53.6 Å². The SMILES string of the molecule is CCNC(=O)Nc1ccc(N2CCC(OC)CC2)cc1. The minimum Gasteiger partial charge on any atom is -0.381 e. The fourth-order valence-corrected chi connectivity index (χ4v) is 2.44. The Kier molecular flexibility index (Phi) is 5.24. The first-order valence-electron chi connectivity index (χ1n) is 7.15. The van der Waals surface area contributed by atoms with Gasteiger partial charge in [-0.05, 0) is 44.0 Å². The van der Waals surface area contributed by atoms with Crippen LogP contribution < -0.4 is 15.5 Å². The van der Waals surface area contributed by atoms with Crippen LogP contribution >= 0.6 is 0 Å². The van der Waals surface area contributed by atoms with Gasteiger partial charge in [-0.3, -0.25) is 0 Å². The minimum atomic E-state index is -0.166. The third-order valence-corrected chi connectivity index (χ3v) is 3.60. The maximum Gasteiger partial charge on any atom is 0.319 e. The van der Waals surface area contributed by atoms with Gasteiger partial charge >= 0.3 is 6.03 Å². The first kappa shape index (κ1) is 14.7. The molecule has 1 aliphatic heterocycles. The van der Waals surface area contributed by atoms with Crippen molar-refractivity contribution in [1.29, 1.82) is 0 Å². The average Bonchev–Trinajstić information content (AvgIpc) is 2.48. The Morgan fingerprint density at radius 2 is 1.95 bits per heavy atom. The van der Waals surface area contributed by atoms with Crippen molar-refractivity contribution >= 4 is 17.4 Å². The summed E-state index contributed by atoms with van der Waals surface area (Å²) >= 11 is 0. The van der Waals surface area contributed by atoms with Crippen LogP contribution in [-0.4, -0.2) is 38.9 Å². The second kappa shape index (κ2) is 7.14. The van der Waals surface area contributed by atoms with E-state index in [1.807, 2.05) is 19.1 Å². The third kappa shape index (κ3) is 3.87. The zero-order valence-electron chi connectivity index (χ0n) is 12.2. The fraction of sp³-hybridized carbons (Fsp3) is 0.533. The van der Waals surface area contributed by atoms with Crippen LogP contribution in [0.2, 0.25) is 0 Å². The highest BCUT2D eigenvalue weighted by atomic mass is 16.5. The zero-order chi connectivity index (χ0) is 14.4. The molecule has 1 heterocycles. The molecule has 0 unspecified atom stereocenters. The molecule has 2 rings (SSSR count). The maximum atomic E-state index is 11.4. The predicted octanol–water partition coefficient (Wildman–Crippen LogP) is 2.44. The number of nitrogens with one attached hydrogen (secondary N) is 2. The van der Waals surface area contributed by atoms with E-state index in [2.05, 4.69) is 27.7 Å². The van der Waals surface area contributed by atoms with E-state index in [4.69, 9.17) is 4.74 Å². The molecule has 0 aromatic heterocycles. The summed E-state index contributed by atoms with van der Waals surface area (Å²) in [5.74, 6) is 0. The number of carbonyl (C=O) groups excluding carboxylic acids is 1. The lowest BCUT2D eigenvalue weighted by Gasteiger charge is -2.33. The minimum absolute atomic E-state index is 0.166. The van der Waals surface area contributed by atoms with Crippen molar-refractivity contribution < 1.29 is 9.53 Å². The highest BCUT2D eigenvalue weighted by Crippen LogP contribution is 2.22. The number of carbonyl (C=O) groups is 1. The molecule has 0 bridgehead atoms. The molecule has 5 nitrogen and oxygen atoms in total. The van der Waals surface area contributed by atoms with Gasteiger partial charge in [0.1, 0.15) is 0 Å². The lowest BCUT2D eigenvalue weighted by Crippen LogP contribution is -2.36. The van der Waals surface area contributed by atoms with Crippen LogP contribution in [0.5, 0.6) is 0 Å². The Balaban J connectivity index is 1.90. The summed E-state index contributed by atoms with van der Waals surface area (Å²) in [7, 11) is 1.78. The Morgan fingerprint density at radius 3 is 2.50 bits per heavy atom. The van der Waals surface area contributed by atoms with E-state index in [1.165, 1.54) is 5.69 Å². The second-order valence-corrected chi connectivity index (χ2v) is 4.95. The van der Waals surface area contributed by atoms with Gasteiger partial charge in [0.2, 0.25) is 0 Å². The summed E-state index contributed by atoms with van der Waals surface area (Å²) in [4.78, 5) is 13.8. The number of hydrogen-bond donors (Lipinski definition) is 2. The van der Waals surface area contributed by atoms with Crippen molar-refractivity contribution in [3.8, 4) is 0 Å². The Hall–Kier alpha value is -1.75. The molecule has 1 fully saturated rings. The molecule has 2 amide bonds. The standard InChI is InChI=1S/C15H23N3O2/c1-3-16-15(19)17-12-4-6-13(7-5-12)18-10-8-14(20-2)9-11-18/h4-7,14H,3,8-11H2,1-2H3,(H2,16,17,19). The van der Waals surface area contributed by atoms with Gasteiger partial charge in [0.15, 0.2) is 0 Å². The lowest BCUT2D eigenvalue weighted by molar-refractivity contribution is 0.0819. The van der Waals surface area contributed by atoms with Gasteiger partial charge in [0.25, 0.3) is 0 Å². The largest absolute Gasteiger partial charge is 0.381 e. The number of ether oxygens (including phenoxy) is 1. The number of anilines is 2. The monoisotopic (exact) mass is 277 g/mol. The number of piperidine rings is 1. The van der Waals surface area contributed by atoms with Gasteiger partial charge in [0, 0.05) is 38.1 Å². The summed E-state index contributed by atoms with van der Waals surface area (Å²) in [6, 6.07) is 7.81. The summed E-state index contributed by atoms with van der Waals surface area (Å²) in [6.07, 6.45) is 2.52. The Morgan fingerprint density at radius 1 is 1.30 bits per heavy atom. The molecule has 0 atom stereocenters. The van der Waals surface area contributed by atoms with Crippen LogP contribution in [0.15, 0.2) is 24.3 Å². The number of amides is 2. The molecular weight excluding hydrogens is 254 g/mol. The lowest BCUT2D eigenvalue weighted by atomic mass is 10.1. The van der Waals surface area contributed by atoms with E-state index in [0.29, 0.717) is 12.6 Å². The van der Waals surface area contributed by atoms with E-state index in [0.717, 1.165) is 31.6 Å². The molecule has 0 radical (unpaired) electrons. The number of hydrogen-bond acceptors (Lipinski definition) is 3. The summed E-state index contributed by atoms with van der Waals surface area (Å²) in [5.41, 5.74) is 2.01. The van der Waals surface area contributed by atoms with Crippen LogP contribution in [-0.2, 0) is 4.74 Å². The molecule has 1 aromatic carbocycles. The first-order valence-corrected chi connectivity index (χ1v) is 7.15. The van der Waals surface area contributed by atoms with E-state index in [1.54, 1.807) is 7.11 Å². The number of benzene rings is 1. The van der Waals surface area contributed by atoms with Crippen LogP contribution in [0, 0.1) is 0 Å². The molecule has 0 aliphatic carbocycles. The number of rotatable bonds is 4. The van der Waals surface area contributed by atoms with Crippen molar-refractivity contribution in [2.45, 2.75) is 25.9 Å². The first-order chi connectivity index (χ1) is 9.72. The van der Waals surface area contributed by atoms with Crippen molar-refractivity contribution in [1.82, 2.24) is 5.32 Å². The molecule has 0 saturated carbocycles. The molecular formula is C15H23N3O2. The Bertz CT molecular complexity index is 425. The molecule has 1 saturated heterocycles. The number of nitrogens with zero attached hydrogens (tertiary/aromatic N) is 1. The zero-order valence-corrected chi connectivity index (χ0v) is 12.2. The number of methoxy groups -OCH3 is 1. The quantitative estimate of drug-likeness (QED) is 0.889. The molecule has 0 spiro atoms. The fourth-order valence-electron chi connectivity index (χ4n) is 2.44. The van der Waals surface area contributed by atoms with Gasteiger partial charge in [0.05, 0.1) is 6.10 Å². The number of urea groups is 1. The van der Waals surface area contributed by atoms with E-state index in [9.17, 15) is 4.79 Å². The van der Waals surface area contributed by atoms with Crippen molar-refractivity contribution in [2.24, 2.45) is 0 Å².